The lowest BCUT2D eigenvalue weighted by Gasteiger charge is -2.13. The minimum absolute atomic E-state index is 0.567. The molecule has 0 atom stereocenters. The average Bonchev–Trinajstić information content (AvgIpc) is 2.07. The Labute approximate surface area is 67.9 Å². The summed E-state index contributed by atoms with van der Waals surface area (Å²) in [5.41, 5.74) is 4.13. The Hall–Kier alpha value is -0.760. The Morgan fingerprint density at radius 1 is 1.64 bits per heavy atom. The quantitative estimate of drug-likeness (QED) is 0.379. The van der Waals surface area contributed by atoms with Crippen LogP contribution in [0.1, 0.15) is 25.7 Å². The van der Waals surface area contributed by atoms with Gasteiger partial charge in [-0.1, -0.05) is 12.2 Å². The van der Waals surface area contributed by atoms with Gasteiger partial charge in [-0.15, -0.1) is 6.58 Å². The van der Waals surface area contributed by atoms with Crippen LogP contribution in [0.25, 0.3) is 0 Å². The van der Waals surface area contributed by atoms with Crippen molar-refractivity contribution in [2.75, 3.05) is 6.61 Å². The van der Waals surface area contributed by atoms with E-state index in [0.29, 0.717) is 6.61 Å². The topological polar surface area (TPSA) is 21.3 Å². The molecule has 1 N–H and O–H groups in total. The number of nitrogens with one attached hydrogen (secondary N) is 1. The Morgan fingerprint density at radius 2 is 2.55 bits per heavy atom. The molecule has 0 aromatic carbocycles. The summed E-state index contributed by atoms with van der Waals surface area (Å²) < 4.78 is 0. The van der Waals surface area contributed by atoms with E-state index in [2.05, 4.69) is 18.1 Å². The standard InChI is InChI=1S/C9H15NO/c1-2-8-11-10-9-6-4-3-5-7-9/h2,6,10H,1,3-5,7-8H2. The number of rotatable bonds is 4. The summed E-state index contributed by atoms with van der Waals surface area (Å²) >= 11 is 0. The van der Waals surface area contributed by atoms with E-state index in [1.165, 1.54) is 25.0 Å². The van der Waals surface area contributed by atoms with Crippen molar-refractivity contribution in [1.82, 2.24) is 5.48 Å². The second kappa shape index (κ2) is 4.97. The molecule has 11 heavy (non-hydrogen) atoms. The molecule has 1 aliphatic carbocycles. The van der Waals surface area contributed by atoms with Crippen LogP contribution in [0.3, 0.4) is 0 Å². The molecule has 0 aromatic rings. The van der Waals surface area contributed by atoms with Crippen molar-refractivity contribution in [1.29, 1.82) is 0 Å². The molecule has 2 nitrogen and oxygen atoms in total. The molecule has 0 fully saturated rings. The minimum Gasteiger partial charge on any atom is -0.272 e. The van der Waals surface area contributed by atoms with Crippen LogP contribution in [0.5, 0.6) is 0 Å². The zero-order valence-corrected chi connectivity index (χ0v) is 6.81. The first kappa shape index (κ1) is 8.34. The monoisotopic (exact) mass is 153 g/mol. The van der Waals surface area contributed by atoms with Crippen molar-refractivity contribution in [2.45, 2.75) is 25.7 Å². The van der Waals surface area contributed by atoms with E-state index in [-0.39, 0.29) is 0 Å². The van der Waals surface area contributed by atoms with Gasteiger partial charge >= 0.3 is 0 Å². The molecule has 0 spiro atoms. The van der Waals surface area contributed by atoms with E-state index in [1.54, 1.807) is 6.08 Å². The second-order valence-electron chi connectivity index (χ2n) is 2.68. The molecule has 0 radical (unpaired) electrons. The van der Waals surface area contributed by atoms with Crippen LogP contribution < -0.4 is 5.48 Å². The molecule has 1 rings (SSSR count). The predicted octanol–water partition coefficient (Wildman–Crippen LogP) is 2.15. The van der Waals surface area contributed by atoms with Gasteiger partial charge in [0.2, 0.25) is 0 Å². The van der Waals surface area contributed by atoms with E-state index in [0.717, 1.165) is 6.42 Å². The molecule has 0 heterocycles. The van der Waals surface area contributed by atoms with Crippen LogP contribution >= 0.6 is 0 Å². The third-order valence-electron chi connectivity index (χ3n) is 1.70. The van der Waals surface area contributed by atoms with E-state index in [4.69, 9.17) is 4.84 Å². The van der Waals surface area contributed by atoms with Crippen LogP contribution in [0.2, 0.25) is 0 Å². The van der Waals surface area contributed by atoms with E-state index in [1.807, 2.05) is 0 Å². The molecular formula is C9H15NO. The summed E-state index contributed by atoms with van der Waals surface area (Å²) in [7, 11) is 0. The zero-order valence-electron chi connectivity index (χ0n) is 6.81. The lowest BCUT2D eigenvalue weighted by atomic mass is 10.1. The maximum atomic E-state index is 5.09. The first-order valence-electron chi connectivity index (χ1n) is 4.11. The Kier molecular flexibility index (Phi) is 3.76. The lowest BCUT2D eigenvalue weighted by Crippen LogP contribution is -2.15. The summed E-state index contributed by atoms with van der Waals surface area (Å²) in [6.45, 7) is 4.13. The summed E-state index contributed by atoms with van der Waals surface area (Å²) in [6, 6.07) is 0. The van der Waals surface area contributed by atoms with Gasteiger partial charge in [0.05, 0.1) is 6.61 Å². The van der Waals surface area contributed by atoms with Gasteiger partial charge in [-0.25, -0.2) is 0 Å². The van der Waals surface area contributed by atoms with Crippen molar-refractivity contribution >= 4 is 0 Å². The van der Waals surface area contributed by atoms with Gasteiger partial charge in [0.15, 0.2) is 0 Å². The van der Waals surface area contributed by atoms with Crippen LogP contribution in [0.15, 0.2) is 24.4 Å². The van der Waals surface area contributed by atoms with Crippen LogP contribution in [-0.2, 0) is 4.84 Å². The molecule has 0 unspecified atom stereocenters. The Morgan fingerprint density at radius 3 is 3.18 bits per heavy atom. The summed E-state index contributed by atoms with van der Waals surface area (Å²) in [5.74, 6) is 0. The number of allylic oxidation sites excluding steroid dienone is 2. The number of hydrogen-bond acceptors (Lipinski definition) is 2. The Bertz CT molecular complexity index is 152. The van der Waals surface area contributed by atoms with E-state index in [9.17, 15) is 0 Å². The molecule has 62 valence electrons. The second-order valence-corrected chi connectivity index (χ2v) is 2.68. The van der Waals surface area contributed by atoms with Crippen molar-refractivity contribution in [3.8, 4) is 0 Å². The predicted molar refractivity (Wildman–Crippen MR) is 45.8 cm³/mol. The normalized spacial score (nSPS) is 17.3. The number of hydrogen-bond donors (Lipinski definition) is 1. The molecule has 1 aliphatic rings. The fraction of sp³-hybridized carbons (Fsp3) is 0.556. The smallest absolute Gasteiger partial charge is 0.0924 e. The van der Waals surface area contributed by atoms with Gasteiger partial charge < -0.3 is 0 Å². The summed E-state index contributed by atoms with van der Waals surface area (Å²) in [6.07, 6.45) is 8.82. The fourth-order valence-electron chi connectivity index (χ4n) is 1.12. The fourth-order valence-corrected chi connectivity index (χ4v) is 1.12. The van der Waals surface area contributed by atoms with Crippen LogP contribution in [0, 0.1) is 0 Å². The van der Waals surface area contributed by atoms with Crippen molar-refractivity contribution < 1.29 is 4.84 Å². The highest BCUT2D eigenvalue weighted by Crippen LogP contribution is 2.14. The third-order valence-corrected chi connectivity index (χ3v) is 1.70. The van der Waals surface area contributed by atoms with E-state index < -0.39 is 0 Å². The maximum Gasteiger partial charge on any atom is 0.0924 e. The summed E-state index contributed by atoms with van der Waals surface area (Å²) in [4.78, 5) is 5.09. The van der Waals surface area contributed by atoms with Gasteiger partial charge in [-0.2, -0.15) is 0 Å². The third kappa shape index (κ3) is 3.23. The molecule has 2 heteroatoms. The maximum absolute atomic E-state index is 5.09. The SMILES string of the molecule is C=CCONC1=CCCCC1. The van der Waals surface area contributed by atoms with E-state index >= 15 is 0 Å². The minimum atomic E-state index is 0.567. The lowest BCUT2D eigenvalue weighted by molar-refractivity contribution is 0.0822. The largest absolute Gasteiger partial charge is 0.272 e. The zero-order chi connectivity index (χ0) is 7.94. The summed E-state index contributed by atoms with van der Waals surface area (Å²) in [5, 5.41) is 0. The highest BCUT2D eigenvalue weighted by Gasteiger charge is 2.01. The van der Waals surface area contributed by atoms with Gasteiger partial charge in [0, 0.05) is 5.70 Å². The van der Waals surface area contributed by atoms with Gasteiger partial charge in [0.25, 0.3) is 0 Å². The highest BCUT2D eigenvalue weighted by molar-refractivity contribution is 5.00. The Balaban J connectivity index is 2.14. The molecule has 0 saturated heterocycles. The highest BCUT2D eigenvalue weighted by atomic mass is 16.6. The molecule has 0 amide bonds. The number of hydroxylamine groups is 1. The van der Waals surface area contributed by atoms with Gasteiger partial charge in [-0.3, -0.25) is 10.3 Å². The molecule has 0 aliphatic heterocycles. The van der Waals surface area contributed by atoms with Crippen molar-refractivity contribution in [3.63, 3.8) is 0 Å². The molecule has 0 aromatic heterocycles. The van der Waals surface area contributed by atoms with Crippen LogP contribution in [0.4, 0.5) is 0 Å². The van der Waals surface area contributed by atoms with Crippen molar-refractivity contribution in [3.05, 3.63) is 24.4 Å². The average molecular weight is 153 g/mol. The van der Waals surface area contributed by atoms with Gasteiger partial charge in [0.1, 0.15) is 0 Å². The van der Waals surface area contributed by atoms with Crippen LogP contribution in [-0.4, -0.2) is 6.61 Å². The van der Waals surface area contributed by atoms with Gasteiger partial charge in [-0.05, 0) is 25.7 Å². The first-order chi connectivity index (χ1) is 5.43. The first-order valence-corrected chi connectivity index (χ1v) is 4.11. The molecular weight excluding hydrogens is 138 g/mol. The molecule has 0 bridgehead atoms. The van der Waals surface area contributed by atoms with Crippen molar-refractivity contribution in [2.24, 2.45) is 0 Å². The molecule has 0 saturated carbocycles.